The average molecular weight is 427 g/mol. The highest BCUT2D eigenvalue weighted by Crippen LogP contribution is 2.41. The number of likely N-dealkylation sites (tertiary alicyclic amines) is 1. The second kappa shape index (κ2) is 7.99. The van der Waals surface area contributed by atoms with Crippen LogP contribution in [0.15, 0.2) is 54.6 Å². The summed E-state index contributed by atoms with van der Waals surface area (Å²) in [5.74, 6) is -0.102. The summed E-state index contributed by atoms with van der Waals surface area (Å²) in [6, 6.07) is 16.1. The smallest absolute Gasteiger partial charge is 0.376 e. The zero-order valence-electron chi connectivity index (χ0n) is 16.3. The maximum atomic E-state index is 12.6. The van der Waals surface area contributed by atoms with E-state index in [9.17, 15) is 21.6 Å². The summed E-state index contributed by atoms with van der Waals surface area (Å²) in [5.41, 5.74) is -3.74. The van der Waals surface area contributed by atoms with Crippen molar-refractivity contribution in [2.24, 2.45) is 5.92 Å². The molecule has 0 saturated carbocycles. The minimum absolute atomic E-state index is 0.217. The SMILES string of the molecule is CC1CN(Cc2ccccc2)CCC1(C)c1cccc(OS(=O)(=O)C(F)(F)F)c1. The number of alkyl halides is 3. The molecule has 29 heavy (non-hydrogen) atoms. The molecule has 2 atom stereocenters. The molecule has 0 aliphatic carbocycles. The minimum atomic E-state index is -5.68. The van der Waals surface area contributed by atoms with E-state index >= 15 is 0 Å². The summed E-state index contributed by atoms with van der Waals surface area (Å²) < 4.78 is 64.8. The molecule has 2 aromatic rings. The van der Waals surface area contributed by atoms with Gasteiger partial charge in [-0.1, -0.05) is 56.3 Å². The Morgan fingerprint density at radius 1 is 1.14 bits per heavy atom. The summed E-state index contributed by atoms with van der Waals surface area (Å²) in [6.45, 7) is 6.68. The van der Waals surface area contributed by atoms with Crippen molar-refractivity contribution in [2.45, 2.75) is 37.7 Å². The molecule has 0 radical (unpaired) electrons. The van der Waals surface area contributed by atoms with Crippen molar-refractivity contribution in [3.05, 3.63) is 65.7 Å². The molecule has 1 aliphatic heterocycles. The van der Waals surface area contributed by atoms with Crippen molar-refractivity contribution in [2.75, 3.05) is 13.1 Å². The van der Waals surface area contributed by atoms with Crippen LogP contribution in [0, 0.1) is 5.92 Å². The number of halogens is 3. The molecule has 0 N–H and O–H groups in total. The first-order chi connectivity index (χ1) is 13.5. The lowest BCUT2D eigenvalue weighted by molar-refractivity contribution is -0.0500. The van der Waals surface area contributed by atoms with Crippen molar-refractivity contribution in [1.82, 2.24) is 4.90 Å². The molecule has 1 saturated heterocycles. The molecule has 1 fully saturated rings. The third-order valence-electron chi connectivity index (χ3n) is 5.80. The van der Waals surface area contributed by atoms with E-state index in [4.69, 9.17) is 0 Å². The van der Waals surface area contributed by atoms with Gasteiger partial charge in [-0.15, -0.1) is 0 Å². The van der Waals surface area contributed by atoms with Crippen LogP contribution in [0.3, 0.4) is 0 Å². The molecule has 1 aliphatic rings. The van der Waals surface area contributed by atoms with Gasteiger partial charge in [0.2, 0.25) is 0 Å². The number of piperidine rings is 1. The van der Waals surface area contributed by atoms with E-state index < -0.39 is 15.6 Å². The molecule has 1 heterocycles. The Bertz CT molecular complexity index is 947. The number of hydrogen-bond acceptors (Lipinski definition) is 4. The number of hydrogen-bond donors (Lipinski definition) is 0. The highest BCUT2D eigenvalue weighted by molar-refractivity contribution is 7.88. The van der Waals surface area contributed by atoms with Gasteiger partial charge in [0.25, 0.3) is 0 Å². The van der Waals surface area contributed by atoms with Crippen LogP contribution in [0.5, 0.6) is 5.75 Å². The predicted molar refractivity (Wildman–Crippen MR) is 105 cm³/mol. The zero-order valence-corrected chi connectivity index (χ0v) is 17.1. The molecule has 2 unspecified atom stereocenters. The number of benzene rings is 2. The lowest BCUT2D eigenvalue weighted by Crippen LogP contribution is -2.46. The normalized spacial score (nSPS) is 23.7. The summed E-state index contributed by atoms with van der Waals surface area (Å²) in [4.78, 5) is 2.36. The van der Waals surface area contributed by atoms with Gasteiger partial charge in [0.1, 0.15) is 5.75 Å². The fourth-order valence-electron chi connectivity index (χ4n) is 3.81. The maximum Gasteiger partial charge on any atom is 0.534 e. The average Bonchev–Trinajstić information content (AvgIpc) is 2.65. The van der Waals surface area contributed by atoms with E-state index in [1.165, 1.54) is 23.8 Å². The summed E-state index contributed by atoms with van der Waals surface area (Å²) in [6.07, 6.45) is 0.802. The molecule has 0 amide bonds. The zero-order chi connectivity index (χ0) is 21.3. The van der Waals surface area contributed by atoms with Gasteiger partial charge in [-0.25, -0.2) is 0 Å². The largest absolute Gasteiger partial charge is 0.534 e. The second-order valence-corrected chi connectivity index (χ2v) is 9.34. The number of nitrogens with zero attached hydrogens (tertiary/aromatic N) is 1. The molecule has 4 nitrogen and oxygen atoms in total. The lowest BCUT2D eigenvalue weighted by Gasteiger charge is -2.45. The molecule has 3 rings (SSSR count). The molecular weight excluding hydrogens is 403 g/mol. The molecule has 0 aromatic heterocycles. The molecular formula is C21H24F3NO3S. The lowest BCUT2D eigenvalue weighted by atomic mass is 9.68. The Kier molecular flexibility index (Phi) is 5.96. The van der Waals surface area contributed by atoms with Crippen LogP contribution in [0.1, 0.15) is 31.4 Å². The van der Waals surface area contributed by atoms with Gasteiger partial charge >= 0.3 is 15.6 Å². The summed E-state index contributed by atoms with van der Waals surface area (Å²) in [7, 11) is -5.68. The predicted octanol–water partition coefficient (Wildman–Crippen LogP) is 4.71. The second-order valence-electron chi connectivity index (χ2n) is 7.80. The molecule has 2 aromatic carbocycles. The van der Waals surface area contributed by atoms with Crippen LogP contribution in [0.25, 0.3) is 0 Å². The van der Waals surface area contributed by atoms with Gasteiger partial charge in [-0.05, 0) is 47.6 Å². The number of rotatable bonds is 5. The van der Waals surface area contributed by atoms with E-state index in [2.05, 4.69) is 35.1 Å². The Hall–Kier alpha value is -2.06. The Labute approximate surface area is 169 Å². The van der Waals surface area contributed by atoms with Gasteiger partial charge in [0.05, 0.1) is 0 Å². The van der Waals surface area contributed by atoms with E-state index in [0.29, 0.717) is 0 Å². The van der Waals surface area contributed by atoms with E-state index in [1.807, 2.05) is 24.3 Å². The highest BCUT2D eigenvalue weighted by Gasteiger charge is 2.48. The third kappa shape index (κ3) is 4.75. The van der Waals surface area contributed by atoms with Gasteiger partial charge in [-0.3, -0.25) is 4.90 Å². The molecule has 0 spiro atoms. The van der Waals surface area contributed by atoms with Crippen LogP contribution in [0.2, 0.25) is 0 Å². The Morgan fingerprint density at radius 3 is 2.45 bits per heavy atom. The monoisotopic (exact) mass is 427 g/mol. The van der Waals surface area contributed by atoms with Gasteiger partial charge in [0, 0.05) is 13.1 Å². The summed E-state index contributed by atoms with van der Waals surface area (Å²) in [5, 5.41) is 0. The van der Waals surface area contributed by atoms with Crippen LogP contribution in [-0.4, -0.2) is 31.9 Å². The maximum absolute atomic E-state index is 12.6. The Morgan fingerprint density at radius 2 is 1.83 bits per heavy atom. The summed E-state index contributed by atoms with van der Waals surface area (Å²) >= 11 is 0. The first-order valence-electron chi connectivity index (χ1n) is 9.39. The van der Waals surface area contributed by atoms with Gasteiger partial charge in [-0.2, -0.15) is 21.6 Å². The first-order valence-corrected chi connectivity index (χ1v) is 10.8. The van der Waals surface area contributed by atoms with Crippen molar-refractivity contribution in [1.29, 1.82) is 0 Å². The van der Waals surface area contributed by atoms with Crippen molar-refractivity contribution in [3.63, 3.8) is 0 Å². The van der Waals surface area contributed by atoms with Crippen LogP contribution in [-0.2, 0) is 22.1 Å². The van der Waals surface area contributed by atoms with Gasteiger partial charge in [0.15, 0.2) is 0 Å². The van der Waals surface area contributed by atoms with Gasteiger partial charge < -0.3 is 4.18 Å². The van der Waals surface area contributed by atoms with E-state index in [0.717, 1.165) is 31.6 Å². The first kappa shape index (κ1) is 21.6. The van der Waals surface area contributed by atoms with Crippen LogP contribution >= 0.6 is 0 Å². The van der Waals surface area contributed by atoms with E-state index in [-0.39, 0.29) is 17.1 Å². The fourth-order valence-corrected chi connectivity index (χ4v) is 4.26. The third-order valence-corrected chi connectivity index (χ3v) is 6.78. The molecule has 8 heteroatoms. The van der Waals surface area contributed by atoms with Crippen molar-refractivity contribution >= 4 is 10.1 Å². The van der Waals surface area contributed by atoms with E-state index in [1.54, 1.807) is 0 Å². The van der Waals surface area contributed by atoms with Crippen LogP contribution < -0.4 is 4.18 Å². The minimum Gasteiger partial charge on any atom is -0.376 e. The topological polar surface area (TPSA) is 46.6 Å². The quantitative estimate of drug-likeness (QED) is 0.512. The molecule has 158 valence electrons. The highest BCUT2D eigenvalue weighted by atomic mass is 32.2. The Balaban J connectivity index is 1.75. The molecule has 0 bridgehead atoms. The van der Waals surface area contributed by atoms with Crippen molar-refractivity contribution < 1.29 is 25.8 Å². The standard InChI is InChI=1S/C21H24F3NO3S/c1-16-14-25(15-17-7-4-3-5-8-17)12-11-20(16,2)18-9-6-10-19(13-18)28-29(26,27)21(22,23)24/h3-10,13,16H,11-12,14-15H2,1-2H3. The van der Waals surface area contributed by atoms with Crippen molar-refractivity contribution in [3.8, 4) is 5.75 Å². The fraction of sp³-hybridized carbons (Fsp3) is 0.429. The van der Waals surface area contributed by atoms with Crippen LogP contribution in [0.4, 0.5) is 13.2 Å².